The van der Waals surface area contributed by atoms with Gasteiger partial charge in [0.2, 0.25) is 5.91 Å². The summed E-state index contributed by atoms with van der Waals surface area (Å²) in [6.07, 6.45) is 2.54. The molecule has 7 nitrogen and oxygen atoms in total. The molecule has 0 saturated carbocycles. The Labute approximate surface area is 201 Å². The van der Waals surface area contributed by atoms with Crippen molar-refractivity contribution in [2.45, 2.75) is 52.1 Å². The van der Waals surface area contributed by atoms with Crippen LogP contribution in [0, 0.1) is 5.92 Å². The van der Waals surface area contributed by atoms with Crippen molar-refractivity contribution in [3.8, 4) is 5.69 Å². The number of hydrogen-bond donors (Lipinski definition) is 1. The van der Waals surface area contributed by atoms with Crippen molar-refractivity contribution in [2.24, 2.45) is 5.92 Å². The first-order valence-electron chi connectivity index (χ1n) is 12.1. The number of nitrogens with one attached hydrogen (secondary N) is 1. The first kappa shape index (κ1) is 23.8. The molecule has 7 heteroatoms. The first-order chi connectivity index (χ1) is 16.3. The number of carbonyl (C=O) groups is 2. The van der Waals surface area contributed by atoms with Gasteiger partial charge in [-0.25, -0.2) is 9.78 Å². The van der Waals surface area contributed by atoms with Gasteiger partial charge >= 0.3 is 6.09 Å². The van der Waals surface area contributed by atoms with Crippen LogP contribution < -0.4 is 5.32 Å². The highest BCUT2D eigenvalue weighted by Crippen LogP contribution is 2.23. The number of rotatable bonds is 6. The molecular weight excluding hydrogens is 428 g/mol. The summed E-state index contributed by atoms with van der Waals surface area (Å²) in [5.41, 5.74) is 2.49. The summed E-state index contributed by atoms with van der Waals surface area (Å²) in [6.45, 7) is 7.50. The number of imidazole rings is 1. The second kappa shape index (κ2) is 10.3. The van der Waals surface area contributed by atoms with E-state index in [0.29, 0.717) is 32.5 Å². The topological polar surface area (TPSA) is 76.5 Å². The zero-order valence-corrected chi connectivity index (χ0v) is 20.3. The van der Waals surface area contributed by atoms with Crippen LogP contribution >= 0.6 is 0 Å². The van der Waals surface area contributed by atoms with Crippen molar-refractivity contribution in [1.29, 1.82) is 0 Å². The van der Waals surface area contributed by atoms with E-state index in [1.165, 1.54) is 0 Å². The Hall–Kier alpha value is -3.35. The van der Waals surface area contributed by atoms with Gasteiger partial charge in [0, 0.05) is 38.2 Å². The monoisotopic (exact) mass is 462 g/mol. The molecule has 1 unspecified atom stereocenters. The van der Waals surface area contributed by atoms with E-state index < -0.39 is 5.60 Å². The van der Waals surface area contributed by atoms with E-state index in [4.69, 9.17) is 9.72 Å². The summed E-state index contributed by atoms with van der Waals surface area (Å²) in [4.78, 5) is 31.6. The average molecular weight is 463 g/mol. The molecule has 1 aliphatic heterocycles. The van der Waals surface area contributed by atoms with Crippen LogP contribution in [0.3, 0.4) is 0 Å². The number of aromatic nitrogens is 2. The number of hydrogen-bond acceptors (Lipinski definition) is 4. The van der Waals surface area contributed by atoms with Crippen molar-refractivity contribution < 1.29 is 14.3 Å². The fourth-order valence-corrected chi connectivity index (χ4v) is 4.40. The molecule has 1 fully saturated rings. The van der Waals surface area contributed by atoms with Gasteiger partial charge in [0.1, 0.15) is 11.4 Å². The molecule has 4 rings (SSSR count). The number of aryl methyl sites for hydroxylation is 1. The van der Waals surface area contributed by atoms with Crippen LogP contribution in [0.25, 0.3) is 16.7 Å². The largest absolute Gasteiger partial charge is 0.444 e. The van der Waals surface area contributed by atoms with Crippen LogP contribution in [-0.2, 0) is 16.0 Å². The smallest absolute Gasteiger partial charge is 0.410 e. The Bertz CT molecular complexity index is 1130. The molecule has 180 valence electrons. The highest BCUT2D eigenvalue weighted by atomic mass is 16.6. The molecule has 34 heavy (non-hydrogen) atoms. The molecule has 0 radical (unpaired) electrons. The fraction of sp³-hybridized carbons (Fsp3) is 0.444. The Morgan fingerprint density at radius 1 is 1.09 bits per heavy atom. The number of ether oxygens (including phenoxy) is 1. The van der Waals surface area contributed by atoms with Crippen LogP contribution in [-0.4, -0.2) is 51.7 Å². The third-order valence-electron chi connectivity index (χ3n) is 5.98. The number of fused-ring (bicyclic) bond motifs is 1. The van der Waals surface area contributed by atoms with Gasteiger partial charge < -0.3 is 15.0 Å². The molecule has 0 bridgehead atoms. The molecule has 2 amide bonds. The van der Waals surface area contributed by atoms with E-state index in [9.17, 15) is 9.59 Å². The lowest BCUT2D eigenvalue weighted by atomic mass is 9.98. The van der Waals surface area contributed by atoms with Crippen LogP contribution in [0.2, 0.25) is 0 Å². The van der Waals surface area contributed by atoms with Crippen LogP contribution in [0.4, 0.5) is 4.79 Å². The van der Waals surface area contributed by atoms with E-state index >= 15 is 0 Å². The predicted octanol–water partition coefficient (Wildman–Crippen LogP) is 4.72. The number of nitrogens with zero attached hydrogens (tertiary/aromatic N) is 3. The molecule has 3 aromatic rings. The van der Waals surface area contributed by atoms with Crippen molar-refractivity contribution >= 4 is 23.0 Å². The van der Waals surface area contributed by atoms with E-state index in [-0.39, 0.29) is 17.9 Å². The number of amides is 2. The van der Waals surface area contributed by atoms with E-state index in [1.807, 2.05) is 57.2 Å². The van der Waals surface area contributed by atoms with E-state index in [2.05, 4.69) is 28.1 Å². The summed E-state index contributed by atoms with van der Waals surface area (Å²) >= 11 is 0. The minimum Gasteiger partial charge on any atom is -0.444 e. The lowest BCUT2D eigenvalue weighted by molar-refractivity contribution is -0.121. The Kier molecular flexibility index (Phi) is 7.20. The third kappa shape index (κ3) is 5.95. The standard InChI is InChI=1S/C27H34N4O3/c1-27(2,3)34-26(33)30-17-9-10-20(19-30)18-28-25(32)16-15-24-29-22-13-7-8-14-23(22)31(24)21-11-5-4-6-12-21/h4-8,11-14,20H,9-10,15-19H2,1-3H3,(H,28,32). The summed E-state index contributed by atoms with van der Waals surface area (Å²) in [6, 6.07) is 18.1. The van der Waals surface area contributed by atoms with Gasteiger partial charge in [-0.05, 0) is 63.8 Å². The zero-order valence-electron chi connectivity index (χ0n) is 20.3. The molecule has 1 saturated heterocycles. The highest BCUT2D eigenvalue weighted by molar-refractivity contribution is 5.79. The van der Waals surface area contributed by atoms with Crippen LogP contribution in [0.1, 0.15) is 45.9 Å². The van der Waals surface area contributed by atoms with Crippen molar-refractivity contribution in [3.63, 3.8) is 0 Å². The SMILES string of the molecule is CC(C)(C)OC(=O)N1CCCC(CNC(=O)CCc2nc3ccccc3n2-c2ccccc2)C1. The molecule has 1 atom stereocenters. The lowest BCUT2D eigenvalue weighted by Crippen LogP contribution is -2.45. The Morgan fingerprint density at radius 3 is 2.59 bits per heavy atom. The Morgan fingerprint density at radius 2 is 1.82 bits per heavy atom. The van der Waals surface area contributed by atoms with Crippen LogP contribution in [0.5, 0.6) is 0 Å². The maximum absolute atomic E-state index is 12.7. The quantitative estimate of drug-likeness (QED) is 0.575. The molecular formula is C27H34N4O3. The molecule has 1 N–H and O–H groups in total. The van der Waals surface area contributed by atoms with Gasteiger partial charge in [-0.3, -0.25) is 9.36 Å². The first-order valence-corrected chi connectivity index (χ1v) is 12.1. The van der Waals surface area contributed by atoms with Gasteiger partial charge in [0.15, 0.2) is 0 Å². The van der Waals surface area contributed by atoms with Gasteiger partial charge in [-0.15, -0.1) is 0 Å². The predicted molar refractivity (Wildman–Crippen MR) is 133 cm³/mol. The van der Waals surface area contributed by atoms with E-state index in [0.717, 1.165) is 35.4 Å². The lowest BCUT2D eigenvalue weighted by Gasteiger charge is -2.34. The van der Waals surface area contributed by atoms with Crippen LogP contribution in [0.15, 0.2) is 54.6 Å². The normalized spacial score (nSPS) is 16.4. The van der Waals surface area contributed by atoms with E-state index in [1.54, 1.807) is 4.90 Å². The molecule has 1 aliphatic rings. The summed E-state index contributed by atoms with van der Waals surface area (Å²) in [5.74, 6) is 1.11. The minimum atomic E-state index is -0.505. The van der Waals surface area contributed by atoms with Gasteiger partial charge in [-0.1, -0.05) is 30.3 Å². The second-order valence-electron chi connectivity index (χ2n) is 9.93. The maximum atomic E-state index is 12.7. The number of piperidine rings is 1. The molecule has 0 aliphatic carbocycles. The number of benzene rings is 2. The zero-order chi connectivity index (χ0) is 24.1. The van der Waals surface area contributed by atoms with Gasteiger partial charge in [-0.2, -0.15) is 0 Å². The molecule has 2 heterocycles. The third-order valence-corrected chi connectivity index (χ3v) is 5.98. The summed E-state index contributed by atoms with van der Waals surface area (Å²) < 4.78 is 7.63. The molecule has 1 aromatic heterocycles. The molecule has 2 aromatic carbocycles. The van der Waals surface area contributed by atoms with Crippen molar-refractivity contribution in [1.82, 2.24) is 19.8 Å². The Balaban J connectivity index is 1.34. The van der Waals surface area contributed by atoms with Gasteiger partial charge in [0.05, 0.1) is 11.0 Å². The summed E-state index contributed by atoms with van der Waals surface area (Å²) in [5, 5.41) is 3.07. The van der Waals surface area contributed by atoms with Gasteiger partial charge in [0.25, 0.3) is 0 Å². The fourth-order valence-electron chi connectivity index (χ4n) is 4.40. The second-order valence-corrected chi connectivity index (χ2v) is 9.93. The summed E-state index contributed by atoms with van der Waals surface area (Å²) in [7, 11) is 0. The average Bonchev–Trinajstić information content (AvgIpc) is 3.19. The molecule has 0 spiro atoms. The van der Waals surface area contributed by atoms with Crippen molar-refractivity contribution in [3.05, 3.63) is 60.4 Å². The maximum Gasteiger partial charge on any atom is 0.410 e. The number of likely N-dealkylation sites (tertiary alicyclic amines) is 1. The highest BCUT2D eigenvalue weighted by Gasteiger charge is 2.27. The number of para-hydroxylation sites is 3. The number of carbonyl (C=O) groups excluding carboxylic acids is 2. The van der Waals surface area contributed by atoms with Crippen molar-refractivity contribution in [2.75, 3.05) is 19.6 Å². The minimum absolute atomic E-state index is 0.000981.